The van der Waals surface area contributed by atoms with Crippen LogP contribution in [0.1, 0.15) is 20.8 Å². The van der Waals surface area contributed by atoms with Crippen molar-refractivity contribution in [1.82, 2.24) is 4.90 Å². The van der Waals surface area contributed by atoms with E-state index >= 15 is 0 Å². The normalized spacial score (nSPS) is 24.6. The second-order valence-electron chi connectivity index (χ2n) is 3.89. The van der Waals surface area contributed by atoms with Crippen LogP contribution in [0.2, 0.25) is 0 Å². The number of alkyl halides is 1. The molecule has 1 rings (SSSR count). The number of halogens is 1. The van der Waals surface area contributed by atoms with Gasteiger partial charge in [-0.05, 0) is 20.8 Å². The van der Waals surface area contributed by atoms with Gasteiger partial charge >= 0.3 is 0 Å². The van der Waals surface area contributed by atoms with Gasteiger partial charge < -0.3 is 9.64 Å². The van der Waals surface area contributed by atoms with Gasteiger partial charge in [-0.15, -0.1) is 0 Å². The number of hydrogen-bond acceptors (Lipinski definition) is 2. The molecule has 0 bridgehead atoms. The summed E-state index contributed by atoms with van der Waals surface area (Å²) < 4.78 is 4.81. The predicted octanol–water partition coefficient (Wildman–Crippen LogP) is 1.41. The van der Waals surface area contributed by atoms with Gasteiger partial charge in [0.1, 0.15) is 0 Å². The summed E-state index contributed by atoms with van der Waals surface area (Å²) in [6.07, 6.45) is 0. The fraction of sp³-hybridized carbons (Fsp3) is 0.889. The Morgan fingerprint density at radius 1 is 1.62 bits per heavy atom. The van der Waals surface area contributed by atoms with Crippen molar-refractivity contribution in [3.63, 3.8) is 0 Å². The van der Waals surface area contributed by atoms with Crippen molar-refractivity contribution in [3.8, 4) is 0 Å². The zero-order chi connectivity index (χ0) is 10.1. The van der Waals surface area contributed by atoms with Gasteiger partial charge in [0.2, 0.25) is 5.91 Å². The molecule has 1 heterocycles. The summed E-state index contributed by atoms with van der Waals surface area (Å²) in [5.74, 6) is 0.142. The van der Waals surface area contributed by atoms with E-state index < -0.39 is 4.32 Å². The van der Waals surface area contributed by atoms with Gasteiger partial charge in [0.25, 0.3) is 0 Å². The lowest BCUT2D eigenvalue weighted by Crippen LogP contribution is -2.52. The van der Waals surface area contributed by atoms with Crippen molar-refractivity contribution in [2.75, 3.05) is 19.8 Å². The highest BCUT2D eigenvalue weighted by atomic mass is 79.9. The molecule has 0 spiro atoms. The number of hydrogen-bond donors (Lipinski definition) is 0. The van der Waals surface area contributed by atoms with E-state index in [-0.39, 0.29) is 11.9 Å². The highest BCUT2D eigenvalue weighted by Crippen LogP contribution is 2.21. The maximum atomic E-state index is 11.9. The number of ether oxygens (including phenoxy) is 1. The fourth-order valence-corrected chi connectivity index (χ4v) is 1.60. The number of carbonyl (C=O) groups is 1. The Balaban J connectivity index is 2.64. The number of nitrogens with zero attached hydrogens (tertiary/aromatic N) is 1. The molecule has 1 fully saturated rings. The van der Waals surface area contributed by atoms with Crippen LogP contribution < -0.4 is 0 Å². The second kappa shape index (κ2) is 3.96. The minimum Gasteiger partial charge on any atom is -0.377 e. The van der Waals surface area contributed by atoms with Crippen LogP contribution in [0.25, 0.3) is 0 Å². The first kappa shape index (κ1) is 11.0. The number of carbonyl (C=O) groups excluding carboxylic acids is 1. The third-order valence-corrected chi connectivity index (χ3v) is 2.48. The Morgan fingerprint density at radius 2 is 2.23 bits per heavy atom. The fourth-order valence-electron chi connectivity index (χ4n) is 1.37. The Bertz CT molecular complexity index is 200. The molecule has 1 atom stereocenters. The summed E-state index contributed by atoms with van der Waals surface area (Å²) >= 11 is 3.37. The minimum absolute atomic E-state index is 0.142. The van der Waals surface area contributed by atoms with Crippen LogP contribution >= 0.6 is 15.9 Å². The molecule has 0 saturated carbocycles. The van der Waals surface area contributed by atoms with Gasteiger partial charge in [0.05, 0.1) is 23.6 Å². The lowest BCUT2D eigenvalue weighted by atomic mass is 10.1. The topological polar surface area (TPSA) is 29.5 Å². The molecule has 3 nitrogen and oxygen atoms in total. The van der Waals surface area contributed by atoms with Crippen molar-refractivity contribution in [2.24, 2.45) is 0 Å². The molecule has 76 valence electrons. The van der Waals surface area contributed by atoms with E-state index in [9.17, 15) is 4.79 Å². The lowest BCUT2D eigenvalue weighted by molar-refractivity contribution is -0.140. The first-order chi connectivity index (χ1) is 5.93. The van der Waals surface area contributed by atoms with Gasteiger partial charge in [0, 0.05) is 6.54 Å². The summed E-state index contributed by atoms with van der Waals surface area (Å²) in [7, 11) is 0. The maximum absolute atomic E-state index is 11.9. The zero-order valence-electron chi connectivity index (χ0n) is 8.34. The Kier molecular flexibility index (Phi) is 3.35. The molecule has 0 aliphatic carbocycles. The average Bonchev–Trinajstić information content (AvgIpc) is 2.02. The van der Waals surface area contributed by atoms with Gasteiger partial charge in [-0.2, -0.15) is 0 Å². The van der Waals surface area contributed by atoms with Gasteiger partial charge in [0.15, 0.2) is 0 Å². The van der Waals surface area contributed by atoms with E-state index in [4.69, 9.17) is 4.74 Å². The molecule has 1 unspecified atom stereocenters. The summed E-state index contributed by atoms with van der Waals surface area (Å²) in [5, 5.41) is 0. The zero-order valence-corrected chi connectivity index (χ0v) is 9.93. The Labute approximate surface area is 87.6 Å². The molecule has 0 radical (unpaired) electrons. The van der Waals surface area contributed by atoms with Crippen LogP contribution in [0, 0.1) is 0 Å². The van der Waals surface area contributed by atoms with Crippen LogP contribution in [0.4, 0.5) is 0 Å². The molecule has 0 aromatic carbocycles. The van der Waals surface area contributed by atoms with Gasteiger partial charge in [-0.25, -0.2) is 0 Å². The molecule has 1 aliphatic heterocycles. The molecule has 1 aliphatic rings. The maximum Gasteiger partial charge on any atom is 0.239 e. The molecule has 0 aromatic heterocycles. The second-order valence-corrected chi connectivity index (χ2v) is 5.88. The third-order valence-electron chi connectivity index (χ3n) is 2.14. The molecule has 1 amide bonds. The molecule has 1 saturated heterocycles. The standard InChI is InChI=1S/C9H16BrNO2/c1-7-6-13-5-4-11(7)8(12)9(2,3)10/h7H,4-6H2,1-3H3. The van der Waals surface area contributed by atoms with Crippen LogP contribution in [-0.4, -0.2) is 40.9 Å². The quantitative estimate of drug-likeness (QED) is 0.658. The van der Waals surface area contributed by atoms with Crippen molar-refractivity contribution in [1.29, 1.82) is 0 Å². The van der Waals surface area contributed by atoms with Crippen molar-refractivity contribution in [3.05, 3.63) is 0 Å². The van der Waals surface area contributed by atoms with Crippen LogP contribution in [-0.2, 0) is 9.53 Å². The first-order valence-electron chi connectivity index (χ1n) is 4.50. The smallest absolute Gasteiger partial charge is 0.239 e. The number of rotatable bonds is 1. The Hall–Kier alpha value is -0.0900. The van der Waals surface area contributed by atoms with E-state index in [0.29, 0.717) is 19.8 Å². The third kappa shape index (κ3) is 2.68. The largest absolute Gasteiger partial charge is 0.377 e. The van der Waals surface area contributed by atoms with E-state index in [0.717, 1.165) is 0 Å². The average molecular weight is 250 g/mol. The van der Waals surface area contributed by atoms with E-state index in [2.05, 4.69) is 15.9 Å². The van der Waals surface area contributed by atoms with E-state index in [1.165, 1.54) is 0 Å². The van der Waals surface area contributed by atoms with E-state index in [1.54, 1.807) is 0 Å². The number of amides is 1. The molecule has 0 aromatic rings. The van der Waals surface area contributed by atoms with Crippen LogP contribution in [0.15, 0.2) is 0 Å². The number of morpholine rings is 1. The molecular formula is C9H16BrNO2. The molecule has 0 N–H and O–H groups in total. The molecule has 13 heavy (non-hydrogen) atoms. The summed E-state index contributed by atoms with van der Waals surface area (Å²) in [5.41, 5.74) is 0. The summed E-state index contributed by atoms with van der Waals surface area (Å²) in [6, 6.07) is 0.193. The lowest BCUT2D eigenvalue weighted by Gasteiger charge is -2.36. The SMILES string of the molecule is CC1COCCN1C(=O)C(C)(C)Br. The highest BCUT2D eigenvalue weighted by Gasteiger charge is 2.33. The van der Waals surface area contributed by atoms with Crippen molar-refractivity contribution < 1.29 is 9.53 Å². The minimum atomic E-state index is -0.460. The van der Waals surface area contributed by atoms with Crippen LogP contribution in [0.3, 0.4) is 0 Å². The first-order valence-corrected chi connectivity index (χ1v) is 5.30. The van der Waals surface area contributed by atoms with Crippen molar-refractivity contribution in [2.45, 2.75) is 31.1 Å². The highest BCUT2D eigenvalue weighted by molar-refractivity contribution is 9.10. The summed E-state index contributed by atoms with van der Waals surface area (Å²) in [4.78, 5) is 13.7. The van der Waals surface area contributed by atoms with Crippen molar-refractivity contribution >= 4 is 21.8 Å². The van der Waals surface area contributed by atoms with Crippen LogP contribution in [0.5, 0.6) is 0 Å². The molecule has 4 heteroatoms. The monoisotopic (exact) mass is 249 g/mol. The van der Waals surface area contributed by atoms with Gasteiger partial charge in [-0.1, -0.05) is 15.9 Å². The predicted molar refractivity (Wildman–Crippen MR) is 55.0 cm³/mol. The Morgan fingerprint density at radius 3 is 2.69 bits per heavy atom. The van der Waals surface area contributed by atoms with E-state index in [1.807, 2.05) is 25.7 Å². The summed E-state index contributed by atoms with van der Waals surface area (Å²) in [6.45, 7) is 7.76. The molecular weight excluding hydrogens is 234 g/mol. The van der Waals surface area contributed by atoms with Gasteiger partial charge in [-0.3, -0.25) is 4.79 Å².